The first-order chi connectivity index (χ1) is 12.5. The van der Waals surface area contributed by atoms with Gasteiger partial charge in [0.05, 0.1) is 19.1 Å². The molecule has 1 aliphatic heterocycles. The predicted octanol–water partition coefficient (Wildman–Crippen LogP) is 1.30. The summed E-state index contributed by atoms with van der Waals surface area (Å²) >= 11 is 0. The van der Waals surface area contributed by atoms with Crippen molar-refractivity contribution < 1.29 is 14.3 Å². The fraction of sp³-hybridized carbons (Fsp3) is 0.600. The predicted molar refractivity (Wildman–Crippen MR) is 102 cm³/mol. The molecule has 1 atom stereocenters. The molecule has 0 bridgehead atoms. The molecule has 0 aliphatic carbocycles. The molecule has 1 saturated heterocycles. The lowest BCUT2D eigenvalue weighted by Gasteiger charge is -2.36. The van der Waals surface area contributed by atoms with Crippen molar-refractivity contribution >= 4 is 11.8 Å². The van der Waals surface area contributed by atoms with E-state index in [2.05, 4.69) is 22.3 Å². The van der Waals surface area contributed by atoms with Gasteiger partial charge in [-0.05, 0) is 25.8 Å². The lowest BCUT2D eigenvalue weighted by Crippen LogP contribution is -2.57. The molecule has 1 N–H and O–H groups in total. The standard InChI is InChI=1S/C20H31N3O3/c1-16(2)23(13-14-26-3)19(24)15-18-20(25)21-10-12-22(18)11-9-17-7-5-4-6-8-17/h4-8,16,18H,9-15H2,1-3H3,(H,21,25). The number of ether oxygens (including phenoxy) is 1. The highest BCUT2D eigenvalue weighted by Crippen LogP contribution is 2.14. The Morgan fingerprint density at radius 2 is 2.08 bits per heavy atom. The van der Waals surface area contributed by atoms with E-state index in [0.717, 1.165) is 19.5 Å². The number of methoxy groups -OCH3 is 1. The molecular formula is C20H31N3O3. The third kappa shape index (κ3) is 5.81. The summed E-state index contributed by atoms with van der Waals surface area (Å²) in [4.78, 5) is 29.1. The summed E-state index contributed by atoms with van der Waals surface area (Å²) in [6.45, 7) is 7.20. The molecule has 2 rings (SSSR count). The van der Waals surface area contributed by atoms with E-state index >= 15 is 0 Å². The van der Waals surface area contributed by atoms with Crippen LogP contribution in [0.15, 0.2) is 30.3 Å². The lowest BCUT2D eigenvalue weighted by atomic mass is 10.1. The van der Waals surface area contributed by atoms with E-state index < -0.39 is 6.04 Å². The van der Waals surface area contributed by atoms with E-state index in [9.17, 15) is 9.59 Å². The van der Waals surface area contributed by atoms with Crippen LogP contribution in [-0.4, -0.2) is 73.6 Å². The maximum Gasteiger partial charge on any atom is 0.237 e. The summed E-state index contributed by atoms with van der Waals surface area (Å²) in [7, 11) is 1.63. The van der Waals surface area contributed by atoms with E-state index in [0.29, 0.717) is 19.7 Å². The quantitative estimate of drug-likeness (QED) is 0.720. The summed E-state index contributed by atoms with van der Waals surface area (Å²) in [6, 6.07) is 9.92. The molecule has 1 unspecified atom stereocenters. The number of carbonyl (C=O) groups is 2. The van der Waals surface area contributed by atoms with Crippen LogP contribution in [0.3, 0.4) is 0 Å². The number of benzene rings is 1. The number of nitrogens with one attached hydrogen (secondary N) is 1. The number of hydrogen-bond acceptors (Lipinski definition) is 4. The van der Waals surface area contributed by atoms with Gasteiger partial charge in [-0.1, -0.05) is 30.3 Å². The Kier molecular flexibility index (Phi) is 8.06. The Bertz CT molecular complexity index is 577. The van der Waals surface area contributed by atoms with Crippen molar-refractivity contribution in [2.75, 3.05) is 39.9 Å². The van der Waals surface area contributed by atoms with Crippen molar-refractivity contribution in [1.82, 2.24) is 15.1 Å². The van der Waals surface area contributed by atoms with E-state index in [1.54, 1.807) is 12.0 Å². The Labute approximate surface area is 156 Å². The Balaban J connectivity index is 1.99. The average molecular weight is 361 g/mol. The minimum absolute atomic E-state index is 0.00353. The number of amides is 2. The summed E-state index contributed by atoms with van der Waals surface area (Å²) in [5.74, 6) is -0.0445. The highest BCUT2D eigenvalue weighted by atomic mass is 16.5. The number of carbonyl (C=O) groups excluding carboxylic acids is 2. The van der Waals surface area contributed by atoms with Crippen LogP contribution in [0.5, 0.6) is 0 Å². The van der Waals surface area contributed by atoms with Crippen molar-refractivity contribution in [3.05, 3.63) is 35.9 Å². The number of hydrogen-bond donors (Lipinski definition) is 1. The molecule has 1 aliphatic rings. The van der Waals surface area contributed by atoms with Crippen LogP contribution in [-0.2, 0) is 20.7 Å². The molecule has 0 radical (unpaired) electrons. The smallest absolute Gasteiger partial charge is 0.237 e. The molecule has 2 amide bonds. The molecule has 6 heteroatoms. The van der Waals surface area contributed by atoms with E-state index in [1.807, 2.05) is 32.0 Å². The van der Waals surface area contributed by atoms with Crippen molar-refractivity contribution in [3.63, 3.8) is 0 Å². The maximum atomic E-state index is 12.8. The second-order valence-corrected chi connectivity index (χ2v) is 6.96. The van der Waals surface area contributed by atoms with Crippen LogP contribution in [0, 0.1) is 0 Å². The van der Waals surface area contributed by atoms with Gasteiger partial charge in [0.15, 0.2) is 0 Å². The third-order valence-corrected chi connectivity index (χ3v) is 4.82. The minimum Gasteiger partial charge on any atom is -0.383 e. The van der Waals surface area contributed by atoms with Crippen LogP contribution >= 0.6 is 0 Å². The van der Waals surface area contributed by atoms with Crippen LogP contribution in [0.1, 0.15) is 25.8 Å². The van der Waals surface area contributed by atoms with Crippen LogP contribution in [0.4, 0.5) is 0 Å². The second-order valence-electron chi connectivity index (χ2n) is 6.96. The van der Waals surface area contributed by atoms with Gasteiger partial charge in [0.1, 0.15) is 0 Å². The van der Waals surface area contributed by atoms with Crippen molar-refractivity contribution in [2.45, 2.75) is 38.8 Å². The normalized spacial score (nSPS) is 18.0. The van der Waals surface area contributed by atoms with Gasteiger partial charge in [-0.25, -0.2) is 0 Å². The molecule has 1 aromatic rings. The van der Waals surface area contributed by atoms with Gasteiger partial charge in [0.25, 0.3) is 0 Å². The average Bonchev–Trinajstić information content (AvgIpc) is 2.63. The van der Waals surface area contributed by atoms with E-state index in [-0.39, 0.29) is 24.3 Å². The first-order valence-corrected chi connectivity index (χ1v) is 9.37. The number of nitrogens with zero attached hydrogens (tertiary/aromatic N) is 2. The molecule has 1 aromatic carbocycles. The highest BCUT2D eigenvalue weighted by molar-refractivity contribution is 5.89. The molecule has 6 nitrogen and oxygen atoms in total. The molecule has 144 valence electrons. The summed E-state index contributed by atoms with van der Waals surface area (Å²) in [5, 5.41) is 2.90. The van der Waals surface area contributed by atoms with Gasteiger partial charge in [-0.3, -0.25) is 14.5 Å². The maximum absolute atomic E-state index is 12.8. The number of rotatable bonds is 9. The van der Waals surface area contributed by atoms with Crippen molar-refractivity contribution in [1.29, 1.82) is 0 Å². The van der Waals surface area contributed by atoms with Gasteiger partial charge >= 0.3 is 0 Å². The molecule has 1 fully saturated rings. The summed E-state index contributed by atoms with van der Waals surface area (Å²) in [6.07, 6.45) is 1.08. The van der Waals surface area contributed by atoms with E-state index in [4.69, 9.17) is 4.74 Å². The zero-order valence-electron chi connectivity index (χ0n) is 16.1. The Morgan fingerprint density at radius 1 is 1.35 bits per heavy atom. The van der Waals surface area contributed by atoms with Crippen LogP contribution in [0.2, 0.25) is 0 Å². The third-order valence-electron chi connectivity index (χ3n) is 4.82. The minimum atomic E-state index is -0.399. The first-order valence-electron chi connectivity index (χ1n) is 9.37. The summed E-state index contributed by atoms with van der Waals surface area (Å²) < 4.78 is 5.11. The fourth-order valence-corrected chi connectivity index (χ4v) is 3.31. The Hall–Kier alpha value is -1.92. The lowest BCUT2D eigenvalue weighted by molar-refractivity contribution is -0.140. The fourth-order valence-electron chi connectivity index (χ4n) is 3.31. The van der Waals surface area contributed by atoms with Gasteiger partial charge in [0.2, 0.25) is 11.8 Å². The van der Waals surface area contributed by atoms with Gasteiger partial charge in [-0.15, -0.1) is 0 Å². The number of piperazine rings is 1. The second kappa shape index (κ2) is 10.3. The molecular weight excluding hydrogens is 330 g/mol. The van der Waals surface area contributed by atoms with Crippen molar-refractivity contribution in [3.8, 4) is 0 Å². The topological polar surface area (TPSA) is 61.9 Å². The first kappa shape index (κ1) is 20.4. The zero-order valence-corrected chi connectivity index (χ0v) is 16.1. The highest BCUT2D eigenvalue weighted by Gasteiger charge is 2.33. The molecule has 0 saturated carbocycles. The van der Waals surface area contributed by atoms with Gasteiger partial charge in [-0.2, -0.15) is 0 Å². The van der Waals surface area contributed by atoms with Gasteiger partial charge in [0, 0.05) is 39.3 Å². The molecule has 0 aromatic heterocycles. The Morgan fingerprint density at radius 3 is 2.73 bits per heavy atom. The van der Waals surface area contributed by atoms with E-state index in [1.165, 1.54) is 5.56 Å². The molecule has 1 heterocycles. The largest absolute Gasteiger partial charge is 0.383 e. The zero-order chi connectivity index (χ0) is 18.9. The van der Waals surface area contributed by atoms with Crippen LogP contribution < -0.4 is 5.32 Å². The van der Waals surface area contributed by atoms with Crippen LogP contribution in [0.25, 0.3) is 0 Å². The molecule has 0 spiro atoms. The monoisotopic (exact) mass is 361 g/mol. The van der Waals surface area contributed by atoms with Crippen molar-refractivity contribution in [2.24, 2.45) is 0 Å². The van der Waals surface area contributed by atoms with Gasteiger partial charge < -0.3 is 15.0 Å². The summed E-state index contributed by atoms with van der Waals surface area (Å²) in [5.41, 5.74) is 1.24. The molecule has 26 heavy (non-hydrogen) atoms. The SMILES string of the molecule is COCCN(C(=O)CC1C(=O)NCCN1CCc1ccccc1)C(C)C.